The Morgan fingerprint density at radius 3 is 2.27 bits per heavy atom. The molecule has 7 heteroatoms. The lowest BCUT2D eigenvalue weighted by Crippen LogP contribution is -2.62. The molecular weight excluding hydrogens is 420 g/mol. The zero-order valence-electron chi connectivity index (χ0n) is 19.3. The summed E-state index contributed by atoms with van der Waals surface area (Å²) in [7, 11) is 0. The van der Waals surface area contributed by atoms with Gasteiger partial charge in [-0.15, -0.1) is 0 Å². The number of hydrogen-bond acceptors (Lipinski definition) is 6. The molecule has 2 aromatic rings. The quantitative estimate of drug-likeness (QED) is 0.318. The van der Waals surface area contributed by atoms with E-state index in [2.05, 4.69) is 11.4 Å². The molecule has 1 N–H and O–H groups in total. The van der Waals surface area contributed by atoms with Gasteiger partial charge in [0.05, 0.1) is 19.3 Å². The Morgan fingerprint density at radius 2 is 1.67 bits per heavy atom. The van der Waals surface area contributed by atoms with E-state index < -0.39 is 23.4 Å². The molecule has 33 heavy (non-hydrogen) atoms. The number of nitriles is 1. The van der Waals surface area contributed by atoms with E-state index in [1.54, 1.807) is 19.9 Å². The molecule has 0 aromatic heterocycles. The van der Waals surface area contributed by atoms with Gasteiger partial charge in [-0.2, -0.15) is 5.26 Å². The number of nitrogens with zero attached hydrogens (tertiary/aromatic N) is 1. The molecule has 2 aromatic carbocycles. The van der Waals surface area contributed by atoms with Crippen LogP contribution in [0.1, 0.15) is 44.7 Å². The first-order valence-electron chi connectivity index (χ1n) is 11.0. The van der Waals surface area contributed by atoms with E-state index in [0.29, 0.717) is 12.0 Å². The second-order valence-electron chi connectivity index (χ2n) is 7.57. The second kappa shape index (κ2) is 12.4. The van der Waals surface area contributed by atoms with Crippen LogP contribution in [0.15, 0.2) is 48.5 Å². The van der Waals surface area contributed by atoms with Crippen molar-refractivity contribution in [1.82, 2.24) is 5.32 Å². The highest BCUT2D eigenvalue weighted by Crippen LogP contribution is 2.28. The lowest BCUT2D eigenvalue weighted by Gasteiger charge is -2.30. The van der Waals surface area contributed by atoms with Crippen molar-refractivity contribution in [3.63, 3.8) is 0 Å². The minimum Gasteiger partial charge on any atom is -0.464 e. The maximum atomic E-state index is 12.9. The molecule has 0 saturated carbocycles. The van der Waals surface area contributed by atoms with Gasteiger partial charge in [0, 0.05) is 19.8 Å². The molecule has 0 radical (unpaired) electrons. The first-order valence-corrected chi connectivity index (χ1v) is 11.0. The lowest BCUT2D eigenvalue weighted by atomic mass is 9.88. The van der Waals surface area contributed by atoms with Gasteiger partial charge in [-0.05, 0) is 48.9 Å². The number of unbranched alkanes of at least 4 members (excludes halogenated alkanes) is 1. The third kappa shape index (κ3) is 6.66. The molecule has 0 fully saturated rings. The van der Waals surface area contributed by atoms with Crippen LogP contribution in [-0.4, -0.2) is 36.6 Å². The maximum absolute atomic E-state index is 12.9. The van der Waals surface area contributed by atoms with Gasteiger partial charge < -0.3 is 14.8 Å². The number of esters is 2. The number of benzene rings is 2. The van der Waals surface area contributed by atoms with Crippen molar-refractivity contribution in [3.05, 3.63) is 59.7 Å². The van der Waals surface area contributed by atoms with Crippen LogP contribution in [0.25, 0.3) is 11.1 Å². The van der Waals surface area contributed by atoms with Gasteiger partial charge in [0.1, 0.15) is 0 Å². The minimum absolute atomic E-state index is 0.0513. The molecule has 0 unspecified atom stereocenters. The van der Waals surface area contributed by atoms with Crippen LogP contribution in [0.5, 0.6) is 0 Å². The summed E-state index contributed by atoms with van der Waals surface area (Å²) in [5.74, 6) is -2.27. The largest absolute Gasteiger partial charge is 0.464 e. The minimum atomic E-state index is -1.98. The summed E-state index contributed by atoms with van der Waals surface area (Å²) >= 11 is 0. The van der Waals surface area contributed by atoms with Crippen LogP contribution >= 0.6 is 0 Å². The van der Waals surface area contributed by atoms with Crippen LogP contribution in [-0.2, 0) is 36.7 Å². The highest BCUT2D eigenvalue weighted by Gasteiger charge is 2.50. The monoisotopic (exact) mass is 450 g/mol. The number of rotatable bonds is 11. The van der Waals surface area contributed by atoms with Crippen molar-refractivity contribution in [1.29, 1.82) is 5.26 Å². The topological polar surface area (TPSA) is 105 Å². The normalized spacial score (nSPS) is 10.7. The molecule has 174 valence electrons. The molecule has 0 aliphatic heterocycles. The summed E-state index contributed by atoms with van der Waals surface area (Å²) in [5.41, 5.74) is 1.70. The van der Waals surface area contributed by atoms with Crippen LogP contribution < -0.4 is 5.32 Å². The molecule has 0 aliphatic carbocycles. The zero-order valence-corrected chi connectivity index (χ0v) is 19.3. The molecule has 7 nitrogen and oxygen atoms in total. The summed E-state index contributed by atoms with van der Waals surface area (Å²) in [4.78, 5) is 37.8. The van der Waals surface area contributed by atoms with Crippen molar-refractivity contribution in [2.45, 2.75) is 52.0 Å². The van der Waals surface area contributed by atoms with Crippen LogP contribution in [0, 0.1) is 11.3 Å². The van der Waals surface area contributed by atoms with Crippen molar-refractivity contribution in [3.8, 4) is 17.2 Å². The smallest absolute Gasteiger partial charge is 0.344 e. The Balaban J connectivity index is 2.48. The molecule has 0 heterocycles. The van der Waals surface area contributed by atoms with E-state index in [1.165, 1.54) is 6.92 Å². The third-order valence-corrected chi connectivity index (χ3v) is 5.10. The third-order valence-electron chi connectivity index (χ3n) is 5.10. The maximum Gasteiger partial charge on any atom is 0.344 e. The number of nitrogens with one attached hydrogen (secondary N) is 1. The number of aryl methyl sites for hydroxylation is 1. The van der Waals surface area contributed by atoms with Crippen LogP contribution in [0.4, 0.5) is 0 Å². The van der Waals surface area contributed by atoms with Gasteiger partial charge in [-0.1, -0.05) is 48.5 Å². The Hall–Kier alpha value is -3.66. The molecule has 0 saturated heterocycles. The highest BCUT2D eigenvalue weighted by molar-refractivity contribution is 6.08. The average Bonchev–Trinajstić information content (AvgIpc) is 2.79. The predicted molar refractivity (Wildman–Crippen MR) is 124 cm³/mol. The van der Waals surface area contributed by atoms with Gasteiger partial charge in [0.15, 0.2) is 0 Å². The van der Waals surface area contributed by atoms with E-state index in [9.17, 15) is 14.4 Å². The van der Waals surface area contributed by atoms with Gasteiger partial charge in [-0.25, -0.2) is 9.59 Å². The second-order valence-corrected chi connectivity index (χ2v) is 7.57. The van der Waals surface area contributed by atoms with E-state index in [1.807, 2.05) is 42.5 Å². The molecule has 0 spiro atoms. The predicted octanol–water partition coefficient (Wildman–Crippen LogP) is 3.74. The molecule has 0 atom stereocenters. The average molecular weight is 451 g/mol. The fourth-order valence-electron chi connectivity index (χ4n) is 3.72. The molecule has 2 rings (SSSR count). The number of carbonyl (C=O) groups is 3. The van der Waals surface area contributed by atoms with E-state index in [0.717, 1.165) is 29.5 Å². The van der Waals surface area contributed by atoms with E-state index >= 15 is 0 Å². The van der Waals surface area contributed by atoms with Crippen molar-refractivity contribution in [2.24, 2.45) is 0 Å². The molecular formula is C26H30N2O5. The molecule has 0 bridgehead atoms. The fourth-order valence-corrected chi connectivity index (χ4v) is 3.72. The van der Waals surface area contributed by atoms with Gasteiger partial charge in [0.25, 0.3) is 0 Å². The number of hydrogen-bond donors (Lipinski definition) is 1. The first-order chi connectivity index (χ1) is 15.9. The van der Waals surface area contributed by atoms with Crippen LogP contribution in [0.3, 0.4) is 0 Å². The van der Waals surface area contributed by atoms with Crippen LogP contribution in [0.2, 0.25) is 0 Å². The van der Waals surface area contributed by atoms with Gasteiger partial charge in [0.2, 0.25) is 11.4 Å². The number of amides is 1. The fraction of sp³-hybridized carbons (Fsp3) is 0.385. The van der Waals surface area contributed by atoms with Gasteiger partial charge >= 0.3 is 11.9 Å². The summed E-state index contributed by atoms with van der Waals surface area (Å²) in [5, 5.41) is 11.3. The molecule has 0 aliphatic rings. The number of carbonyl (C=O) groups excluding carboxylic acids is 3. The lowest BCUT2D eigenvalue weighted by molar-refractivity contribution is -0.168. The SMILES string of the molecule is CCOC(=O)C(Cc1cccc(-c2ccccc2CCCC#N)c1)(NC(C)=O)C(=O)OCC. The Bertz CT molecular complexity index is 1010. The van der Waals surface area contributed by atoms with Gasteiger partial charge in [-0.3, -0.25) is 4.79 Å². The van der Waals surface area contributed by atoms with Crippen molar-refractivity contribution < 1.29 is 23.9 Å². The van der Waals surface area contributed by atoms with E-state index in [4.69, 9.17) is 14.7 Å². The zero-order chi connectivity index (χ0) is 24.3. The Labute approximate surface area is 194 Å². The summed E-state index contributed by atoms with van der Waals surface area (Å²) in [6, 6.07) is 17.5. The standard InChI is InChI=1S/C26H30N2O5/c1-4-32-24(30)26(28-19(3)29,25(31)33-5-2)18-20-11-10-14-22(17-20)23-15-7-6-12-21(23)13-8-9-16-27/h6-7,10-12,14-15,17H,4-5,8-9,13,18H2,1-3H3,(H,28,29). The van der Waals surface area contributed by atoms with Crippen molar-refractivity contribution >= 4 is 17.8 Å². The number of ether oxygens (including phenoxy) is 2. The summed E-state index contributed by atoms with van der Waals surface area (Å²) < 4.78 is 10.3. The Kier molecular flexibility index (Phi) is 9.62. The first kappa shape index (κ1) is 25.6. The van der Waals surface area contributed by atoms with Crippen molar-refractivity contribution in [2.75, 3.05) is 13.2 Å². The summed E-state index contributed by atoms with van der Waals surface area (Å²) in [6.45, 7) is 4.60. The highest BCUT2D eigenvalue weighted by atomic mass is 16.6. The Morgan fingerprint density at radius 1 is 1.00 bits per heavy atom. The summed E-state index contributed by atoms with van der Waals surface area (Å²) in [6.07, 6.45) is 1.88. The van der Waals surface area contributed by atoms with E-state index in [-0.39, 0.29) is 19.6 Å². The molecule has 1 amide bonds.